The van der Waals surface area contributed by atoms with E-state index in [-0.39, 0.29) is 18.0 Å². The van der Waals surface area contributed by atoms with E-state index in [2.05, 4.69) is 16.5 Å². The summed E-state index contributed by atoms with van der Waals surface area (Å²) in [6, 6.07) is 14.9. The van der Waals surface area contributed by atoms with Crippen LogP contribution in [0.2, 0.25) is 0 Å². The summed E-state index contributed by atoms with van der Waals surface area (Å²) in [5.41, 5.74) is 6.59. The Labute approximate surface area is 170 Å². The summed E-state index contributed by atoms with van der Waals surface area (Å²) in [6.45, 7) is 4.05. The van der Waals surface area contributed by atoms with Crippen molar-refractivity contribution in [3.05, 3.63) is 59.9 Å². The van der Waals surface area contributed by atoms with E-state index in [0.717, 1.165) is 29.8 Å². The first kappa shape index (κ1) is 19.5. The Kier molecular flexibility index (Phi) is 5.60. The first-order valence-electron chi connectivity index (χ1n) is 10.1. The van der Waals surface area contributed by atoms with E-state index >= 15 is 0 Å². The van der Waals surface area contributed by atoms with Gasteiger partial charge in [0.25, 0.3) is 0 Å². The van der Waals surface area contributed by atoms with Crippen LogP contribution >= 0.6 is 0 Å². The number of rotatable bonds is 5. The molecule has 1 fully saturated rings. The Morgan fingerprint density at radius 3 is 2.79 bits per heavy atom. The normalized spacial score (nSPS) is 21.2. The highest BCUT2D eigenvalue weighted by atomic mass is 19.1. The molecule has 6 nitrogen and oxygen atoms in total. The van der Waals surface area contributed by atoms with Crippen LogP contribution in [0.15, 0.2) is 53.5 Å². The molecule has 1 unspecified atom stereocenters. The first-order valence-corrected chi connectivity index (χ1v) is 10.1. The number of likely N-dealkylation sites (tertiary alicyclic amines) is 1. The van der Waals surface area contributed by atoms with Crippen LogP contribution in [-0.2, 0) is 11.3 Å². The number of para-hydroxylation sites is 2. The average molecular weight is 397 g/mol. The lowest BCUT2D eigenvalue weighted by molar-refractivity contribution is 0.0897. The second-order valence-electron chi connectivity index (χ2n) is 7.48. The van der Waals surface area contributed by atoms with Crippen LogP contribution in [0.1, 0.15) is 25.3 Å². The van der Waals surface area contributed by atoms with Crippen molar-refractivity contribution < 1.29 is 13.9 Å². The summed E-state index contributed by atoms with van der Waals surface area (Å²) >= 11 is 0. The van der Waals surface area contributed by atoms with Crippen LogP contribution < -0.4 is 10.0 Å². The lowest BCUT2D eigenvalue weighted by atomic mass is 10.1. The maximum atomic E-state index is 13.8. The molecule has 0 aliphatic carbocycles. The highest BCUT2D eigenvalue weighted by molar-refractivity contribution is 5.88. The molecule has 4 rings (SSSR count). The van der Waals surface area contributed by atoms with Gasteiger partial charge in [0.15, 0.2) is 5.69 Å². The van der Waals surface area contributed by atoms with Crippen LogP contribution in [0.4, 0.5) is 20.6 Å². The Morgan fingerprint density at radius 1 is 1.24 bits per heavy atom. The third-order valence-electron chi connectivity index (χ3n) is 5.46. The number of carbonyl (C=O) groups excluding carboxylic acids is 1. The molecule has 0 aromatic heterocycles. The van der Waals surface area contributed by atoms with Gasteiger partial charge < -0.3 is 9.64 Å². The number of amides is 1. The van der Waals surface area contributed by atoms with E-state index in [0.29, 0.717) is 30.8 Å². The zero-order valence-corrected chi connectivity index (χ0v) is 16.6. The number of ether oxygens (including phenoxy) is 1. The standard InChI is InChI=1S/C22H26FN4O2/c1-2-29-22(28)26-12-10-19(11-13-26)25-27(15-17-6-5-7-18(23)14-17)16-24-20-8-3-4-9-21(20)27/h3-9,14,16,19,25H,2,10-13,15H2,1H3/q+1. The van der Waals surface area contributed by atoms with Crippen molar-refractivity contribution in [3.63, 3.8) is 0 Å². The highest BCUT2D eigenvalue weighted by Crippen LogP contribution is 2.38. The summed E-state index contributed by atoms with van der Waals surface area (Å²) in [6.07, 6.45) is 3.28. The lowest BCUT2D eigenvalue weighted by Gasteiger charge is -2.38. The summed E-state index contributed by atoms with van der Waals surface area (Å²) in [5.74, 6) is -0.243. The smallest absolute Gasteiger partial charge is 0.409 e. The molecular formula is C22H26FN4O2+. The number of halogens is 1. The minimum Gasteiger partial charge on any atom is -0.450 e. The van der Waals surface area contributed by atoms with Gasteiger partial charge in [0.05, 0.1) is 12.6 Å². The Bertz CT molecular complexity index is 911. The number of nitrogens with zero attached hydrogens (tertiary/aromatic N) is 3. The lowest BCUT2D eigenvalue weighted by Crippen LogP contribution is -2.62. The van der Waals surface area contributed by atoms with Crippen molar-refractivity contribution in [1.82, 2.24) is 14.9 Å². The Morgan fingerprint density at radius 2 is 2.03 bits per heavy atom. The summed E-state index contributed by atoms with van der Waals surface area (Å²) in [5, 5.41) is 0. The number of fused-ring (bicyclic) bond motifs is 1. The molecule has 152 valence electrons. The molecule has 2 aliphatic rings. The van der Waals surface area contributed by atoms with E-state index in [4.69, 9.17) is 4.74 Å². The average Bonchev–Trinajstić information content (AvgIpc) is 3.07. The van der Waals surface area contributed by atoms with Gasteiger partial charge in [0, 0.05) is 24.7 Å². The fourth-order valence-corrected chi connectivity index (χ4v) is 4.06. The first-order chi connectivity index (χ1) is 14.1. The predicted molar refractivity (Wildman–Crippen MR) is 111 cm³/mol. The Hall–Kier alpha value is -2.77. The topological polar surface area (TPSA) is 53.9 Å². The molecule has 2 heterocycles. The Balaban J connectivity index is 1.54. The van der Waals surface area contributed by atoms with E-state index in [1.807, 2.05) is 37.5 Å². The van der Waals surface area contributed by atoms with Crippen molar-refractivity contribution in [1.29, 1.82) is 0 Å². The maximum Gasteiger partial charge on any atom is 0.409 e. The predicted octanol–water partition coefficient (Wildman–Crippen LogP) is 4.13. The van der Waals surface area contributed by atoms with Crippen molar-refractivity contribution in [3.8, 4) is 0 Å². The fraction of sp³-hybridized carbons (Fsp3) is 0.364. The molecule has 2 aromatic carbocycles. The molecule has 2 aromatic rings. The van der Waals surface area contributed by atoms with Gasteiger partial charge >= 0.3 is 6.09 Å². The second kappa shape index (κ2) is 8.31. The fourth-order valence-electron chi connectivity index (χ4n) is 4.06. The molecule has 1 saturated heterocycles. The molecule has 1 atom stereocenters. The van der Waals surface area contributed by atoms with Crippen molar-refractivity contribution >= 4 is 23.8 Å². The molecule has 2 aliphatic heterocycles. The minimum absolute atomic E-state index is 0.201. The van der Waals surface area contributed by atoms with Gasteiger partial charge in [-0.1, -0.05) is 24.3 Å². The van der Waals surface area contributed by atoms with Gasteiger partial charge in [-0.15, -0.1) is 0 Å². The number of nitrogens with one attached hydrogen (secondary N) is 1. The van der Waals surface area contributed by atoms with Gasteiger partial charge in [-0.05, 0) is 38.0 Å². The van der Waals surface area contributed by atoms with Crippen LogP contribution in [0.3, 0.4) is 0 Å². The van der Waals surface area contributed by atoms with Crippen molar-refractivity contribution in [2.24, 2.45) is 4.99 Å². The van der Waals surface area contributed by atoms with Crippen molar-refractivity contribution in [2.45, 2.75) is 32.4 Å². The van der Waals surface area contributed by atoms with Gasteiger partial charge in [-0.25, -0.2) is 9.18 Å². The van der Waals surface area contributed by atoms with Crippen LogP contribution in [0, 0.1) is 5.82 Å². The number of piperidine rings is 1. The number of hydrogen-bond acceptors (Lipinski definition) is 4. The zero-order valence-electron chi connectivity index (χ0n) is 16.6. The summed E-state index contributed by atoms with van der Waals surface area (Å²) < 4.78 is 19.2. The van der Waals surface area contributed by atoms with E-state index in [9.17, 15) is 9.18 Å². The van der Waals surface area contributed by atoms with E-state index in [1.54, 1.807) is 17.0 Å². The number of quaternary nitrogens is 1. The second-order valence-corrected chi connectivity index (χ2v) is 7.48. The number of aliphatic imine (C=N–C) groups is 1. The van der Waals surface area contributed by atoms with Crippen LogP contribution in [-0.4, -0.2) is 43.1 Å². The molecule has 0 saturated carbocycles. The van der Waals surface area contributed by atoms with Crippen LogP contribution in [0.5, 0.6) is 0 Å². The SMILES string of the molecule is CCOC(=O)N1CCC(N[N+]2(Cc3cccc(F)c3)C=Nc3ccccc32)CC1. The van der Waals surface area contributed by atoms with Gasteiger partial charge in [0.2, 0.25) is 6.34 Å². The monoisotopic (exact) mass is 397 g/mol. The van der Waals surface area contributed by atoms with E-state index in [1.165, 1.54) is 6.07 Å². The van der Waals surface area contributed by atoms with Crippen molar-refractivity contribution in [2.75, 3.05) is 19.7 Å². The molecule has 1 N–H and O–H groups in total. The third kappa shape index (κ3) is 4.16. The largest absolute Gasteiger partial charge is 0.450 e. The van der Waals surface area contributed by atoms with Gasteiger partial charge in [-0.2, -0.15) is 15.0 Å². The molecule has 1 amide bonds. The molecular weight excluding hydrogens is 371 g/mol. The minimum atomic E-state index is -0.248. The molecule has 29 heavy (non-hydrogen) atoms. The molecule has 0 radical (unpaired) electrons. The number of benzene rings is 2. The molecule has 0 bridgehead atoms. The number of hydrogen-bond donors (Lipinski definition) is 1. The molecule has 0 spiro atoms. The van der Waals surface area contributed by atoms with Crippen LogP contribution in [0.25, 0.3) is 0 Å². The third-order valence-corrected chi connectivity index (χ3v) is 5.46. The maximum absolute atomic E-state index is 13.8. The highest BCUT2D eigenvalue weighted by Gasteiger charge is 2.40. The van der Waals surface area contributed by atoms with Gasteiger partial charge in [0.1, 0.15) is 18.0 Å². The van der Waals surface area contributed by atoms with Gasteiger partial charge in [-0.3, -0.25) is 0 Å². The van der Waals surface area contributed by atoms with E-state index < -0.39 is 0 Å². The molecule has 7 heteroatoms. The quantitative estimate of drug-likeness (QED) is 0.772. The number of carbonyl (C=O) groups is 1. The zero-order chi connectivity index (χ0) is 20.3. The summed E-state index contributed by atoms with van der Waals surface area (Å²) in [7, 11) is 0. The summed E-state index contributed by atoms with van der Waals surface area (Å²) in [4.78, 5) is 18.3.